The van der Waals surface area contributed by atoms with E-state index < -0.39 is 11.5 Å². The van der Waals surface area contributed by atoms with Crippen LogP contribution in [0, 0.1) is 6.92 Å². The van der Waals surface area contributed by atoms with E-state index in [0.29, 0.717) is 15.8 Å². The van der Waals surface area contributed by atoms with Gasteiger partial charge in [-0.2, -0.15) is 0 Å². The molecule has 0 saturated carbocycles. The van der Waals surface area contributed by atoms with Crippen molar-refractivity contribution in [1.82, 2.24) is 15.0 Å². The molecule has 2 N–H and O–H groups in total. The number of carbonyl (C=O) groups is 1. The third kappa shape index (κ3) is 1.94. The number of nitrogens with zero attached hydrogens (tertiary/aromatic N) is 2. The maximum Gasteiger partial charge on any atom is 0.372 e. The van der Waals surface area contributed by atoms with E-state index in [-0.39, 0.29) is 5.82 Å². The molecule has 0 fully saturated rings. The number of aromatic nitrogens is 3. The van der Waals surface area contributed by atoms with E-state index in [1.807, 2.05) is 12.3 Å². The monoisotopic (exact) mass is 293 g/mol. The summed E-state index contributed by atoms with van der Waals surface area (Å²) >= 11 is 2.68. The van der Waals surface area contributed by atoms with Gasteiger partial charge in [-0.25, -0.2) is 14.8 Å². The van der Waals surface area contributed by atoms with Crippen molar-refractivity contribution in [1.29, 1.82) is 0 Å². The standard InChI is InChI=1S/C11H7N3O3S2/c1-4-2-18-9(12-4)5-3-19-10-6(5)8(15)13-7(14-10)11(16)17/h2-3H,1H3,(H,16,17)(H,13,14,15). The van der Waals surface area contributed by atoms with Crippen LogP contribution in [0.2, 0.25) is 0 Å². The molecule has 3 aromatic rings. The maximum absolute atomic E-state index is 12.0. The van der Waals surface area contributed by atoms with Crippen LogP contribution in [0.3, 0.4) is 0 Å². The van der Waals surface area contributed by atoms with Gasteiger partial charge in [0.05, 0.1) is 5.39 Å². The van der Waals surface area contributed by atoms with E-state index in [0.717, 1.165) is 10.7 Å². The van der Waals surface area contributed by atoms with Gasteiger partial charge < -0.3 is 10.1 Å². The number of carboxylic acids is 1. The molecule has 3 rings (SSSR count). The fraction of sp³-hybridized carbons (Fsp3) is 0.0909. The van der Waals surface area contributed by atoms with Crippen molar-refractivity contribution >= 4 is 38.9 Å². The topological polar surface area (TPSA) is 95.9 Å². The Balaban J connectivity index is 2.30. The lowest BCUT2D eigenvalue weighted by molar-refractivity contribution is 0.0683. The highest BCUT2D eigenvalue weighted by Crippen LogP contribution is 2.32. The molecular weight excluding hydrogens is 286 g/mol. The third-order valence-corrected chi connectivity index (χ3v) is 4.36. The summed E-state index contributed by atoms with van der Waals surface area (Å²) in [5.74, 6) is -1.60. The van der Waals surface area contributed by atoms with Gasteiger partial charge in [-0.3, -0.25) is 4.79 Å². The van der Waals surface area contributed by atoms with Gasteiger partial charge in [-0.15, -0.1) is 22.7 Å². The predicted octanol–water partition coefficient (Wildman–Crippen LogP) is 2.11. The normalized spacial score (nSPS) is 11.0. The van der Waals surface area contributed by atoms with Crippen LogP contribution in [0.4, 0.5) is 0 Å². The first-order valence-electron chi connectivity index (χ1n) is 5.23. The van der Waals surface area contributed by atoms with Crippen molar-refractivity contribution in [2.75, 3.05) is 0 Å². The minimum Gasteiger partial charge on any atom is -0.475 e. The van der Waals surface area contributed by atoms with Gasteiger partial charge in [-0.1, -0.05) is 0 Å². The quantitative estimate of drug-likeness (QED) is 0.754. The number of hydrogen-bond donors (Lipinski definition) is 2. The second-order valence-electron chi connectivity index (χ2n) is 3.84. The number of carboxylic acid groups (broad SMARTS) is 1. The number of thiazole rings is 1. The molecule has 3 heterocycles. The lowest BCUT2D eigenvalue weighted by atomic mass is 10.2. The molecule has 0 unspecified atom stereocenters. The number of H-pyrrole nitrogens is 1. The molecule has 0 aliphatic carbocycles. The summed E-state index contributed by atoms with van der Waals surface area (Å²) in [6.07, 6.45) is 0. The summed E-state index contributed by atoms with van der Waals surface area (Å²) < 4.78 is 0. The second kappa shape index (κ2) is 4.25. The number of aromatic amines is 1. The fourth-order valence-electron chi connectivity index (χ4n) is 1.69. The number of rotatable bonds is 2. The van der Waals surface area contributed by atoms with Crippen LogP contribution in [0.1, 0.15) is 16.3 Å². The van der Waals surface area contributed by atoms with E-state index in [1.165, 1.54) is 22.7 Å². The Morgan fingerprint density at radius 3 is 2.74 bits per heavy atom. The predicted molar refractivity (Wildman–Crippen MR) is 73.0 cm³/mol. The molecule has 96 valence electrons. The van der Waals surface area contributed by atoms with Gasteiger partial charge in [0.15, 0.2) is 0 Å². The summed E-state index contributed by atoms with van der Waals surface area (Å²) in [4.78, 5) is 33.8. The van der Waals surface area contributed by atoms with Crippen LogP contribution in [0.15, 0.2) is 15.6 Å². The highest BCUT2D eigenvalue weighted by atomic mass is 32.1. The highest BCUT2D eigenvalue weighted by Gasteiger charge is 2.17. The maximum atomic E-state index is 12.0. The molecule has 0 aliphatic heterocycles. The van der Waals surface area contributed by atoms with Crippen LogP contribution >= 0.6 is 22.7 Å². The van der Waals surface area contributed by atoms with Crippen LogP contribution in [-0.4, -0.2) is 26.0 Å². The van der Waals surface area contributed by atoms with Crippen molar-refractivity contribution in [2.24, 2.45) is 0 Å². The summed E-state index contributed by atoms with van der Waals surface area (Å²) in [6, 6.07) is 0. The molecule has 0 atom stereocenters. The minimum absolute atomic E-state index is 0.346. The molecule has 0 aliphatic rings. The molecular formula is C11H7N3O3S2. The smallest absolute Gasteiger partial charge is 0.372 e. The van der Waals surface area contributed by atoms with Crippen LogP contribution in [0.5, 0.6) is 0 Å². The number of thiophene rings is 1. The lowest BCUT2D eigenvalue weighted by Crippen LogP contribution is -2.14. The summed E-state index contributed by atoms with van der Waals surface area (Å²) in [5, 5.41) is 13.7. The summed E-state index contributed by atoms with van der Waals surface area (Å²) in [6.45, 7) is 1.87. The Bertz CT molecular complexity index is 846. The molecule has 0 amide bonds. The minimum atomic E-state index is -1.25. The van der Waals surface area contributed by atoms with E-state index >= 15 is 0 Å². The fourth-order valence-corrected chi connectivity index (χ4v) is 3.50. The zero-order valence-corrected chi connectivity index (χ0v) is 11.3. The van der Waals surface area contributed by atoms with Gasteiger partial charge >= 0.3 is 5.97 Å². The number of fused-ring (bicyclic) bond motifs is 1. The lowest BCUT2D eigenvalue weighted by Gasteiger charge is -1.96. The Labute approximate surface area is 114 Å². The molecule has 0 saturated heterocycles. The van der Waals surface area contributed by atoms with E-state index in [4.69, 9.17) is 5.11 Å². The zero-order valence-electron chi connectivity index (χ0n) is 9.63. The van der Waals surface area contributed by atoms with Crippen molar-refractivity contribution in [3.63, 3.8) is 0 Å². The highest BCUT2D eigenvalue weighted by molar-refractivity contribution is 7.18. The molecule has 0 bridgehead atoms. The molecule has 19 heavy (non-hydrogen) atoms. The van der Waals surface area contributed by atoms with E-state index in [2.05, 4.69) is 15.0 Å². The number of nitrogens with one attached hydrogen (secondary N) is 1. The van der Waals surface area contributed by atoms with Gasteiger partial charge in [0, 0.05) is 22.0 Å². The molecule has 8 heteroatoms. The number of aromatic carboxylic acids is 1. The molecule has 3 aromatic heterocycles. The first kappa shape index (κ1) is 12.0. The van der Waals surface area contributed by atoms with Crippen LogP contribution < -0.4 is 5.56 Å². The van der Waals surface area contributed by atoms with Crippen LogP contribution in [0.25, 0.3) is 20.8 Å². The van der Waals surface area contributed by atoms with E-state index in [1.54, 1.807) is 5.38 Å². The number of aryl methyl sites for hydroxylation is 1. The SMILES string of the molecule is Cc1csc(-c2csc3nc(C(=O)O)[nH]c(=O)c23)n1. The third-order valence-electron chi connectivity index (χ3n) is 2.50. The second-order valence-corrected chi connectivity index (χ2v) is 5.56. The van der Waals surface area contributed by atoms with Gasteiger partial charge in [0.1, 0.15) is 9.84 Å². The van der Waals surface area contributed by atoms with Gasteiger partial charge in [-0.05, 0) is 6.92 Å². The molecule has 0 spiro atoms. The molecule has 0 radical (unpaired) electrons. The summed E-state index contributed by atoms with van der Waals surface area (Å²) in [5.41, 5.74) is 1.13. The van der Waals surface area contributed by atoms with E-state index in [9.17, 15) is 9.59 Å². The van der Waals surface area contributed by atoms with Crippen molar-refractivity contribution in [3.05, 3.63) is 32.6 Å². The summed E-state index contributed by atoms with van der Waals surface area (Å²) in [7, 11) is 0. The largest absolute Gasteiger partial charge is 0.475 e. The zero-order chi connectivity index (χ0) is 13.6. The van der Waals surface area contributed by atoms with Gasteiger partial charge in [0.25, 0.3) is 5.56 Å². The Morgan fingerprint density at radius 1 is 1.32 bits per heavy atom. The Morgan fingerprint density at radius 2 is 2.11 bits per heavy atom. The first-order valence-corrected chi connectivity index (χ1v) is 6.99. The van der Waals surface area contributed by atoms with Crippen LogP contribution in [-0.2, 0) is 0 Å². The van der Waals surface area contributed by atoms with Crippen molar-refractivity contribution in [3.8, 4) is 10.6 Å². The first-order chi connectivity index (χ1) is 9.06. The Hall–Kier alpha value is -2.06. The van der Waals surface area contributed by atoms with Crippen molar-refractivity contribution in [2.45, 2.75) is 6.92 Å². The average molecular weight is 293 g/mol. The van der Waals surface area contributed by atoms with Gasteiger partial charge in [0.2, 0.25) is 5.82 Å². The Kier molecular flexibility index (Phi) is 2.68. The molecule has 0 aromatic carbocycles. The average Bonchev–Trinajstić information content (AvgIpc) is 2.94. The number of hydrogen-bond acceptors (Lipinski definition) is 6. The molecule has 6 nitrogen and oxygen atoms in total. The van der Waals surface area contributed by atoms with Crippen molar-refractivity contribution < 1.29 is 9.90 Å².